The Morgan fingerprint density at radius 1 is 1.00 bits per heavy atom. The van der Waals surface area contributed by atoms with Crippen LogP contribution in [0.4, 0.5) is 0 Å². The maximum Gasteiger partial charge on any atom is 0.0796 e. The zero-order valence-corrected chi connectivity index (χ0v) is 9.82. The topological polar surface area (TPSA) is 0 Å². The lowest BCUT2D eigenvalue weighted by Crippen LogP contribution is -1.87. The van der Waals surface area contributed by atoms with Crippen molar-refractivity contribution in [1.29, 1.82) is 0 Å². The predicted molar refractivity (Wildman–Crippen MR) is 55.9 cm³/mol. The normalized spacial score (nSPS) is 10.4. The zero-order valence-electron chi connectivity index (χ0n) is 5.80. The summed E-state index contributed by atoms with van der Waals surface area (Å²) < 4.78 is 0. The average Bonchev–Trinajstić information content (AvgIpc) is 2.08. The summed E-state index contributed by atoms with van der Waals surface area (Å²) >= 11 is 23.2. The average molecular weight is 257 g/mol. The van der Waals surface area contributed by atoms with Crippen molar-refractivity contribution < 1.29 is 0 Å². The highest BCUT2D eigenvalue weighted by atomic mass is 35.5. The second-order valence-electron chi connectivity index (χ2n) is 2.14. The molecule has 3 radical (unpaired) electrons. The molecule has 0 unspecified atom stereocenters. The van der Waals surface area contributed by atoms with Gasteiger partial charge < -0.3 is 0 Å². The van der Waals surface area contributed by atoms with Crippen molar-refractivity contribution in [3.8, 4) is 0 Å². The summed E-state index contributed by atoms with van der Waals surface area (Å²) in [5, 5.41) is 1.46. The van der Waals surface area contributed by atoms with E-state index in [0.29, 0.717) is 26.1 Å². The molecule has 63 valence electrons. The molecule has 0 aliphatic carbocycles. The second-order valence-corrected chi connectivity index (χ2v) is 4.03. The fraction of sp³-hybridized carbons (Fsp3) is 0.143. The van der Waals surface area contributed by atoms with Gasteiger partial charge >= 0.3 is 0 Å². The van der Waals surface area contributed by atoms with Gasteiger partial charge in [-0.3, -0.25) is 0 Å². The van der Waals surface area contributed by atoms with Gasteiger partial charge in [0.15, 0.2) is 0 Å². The van der Waals surface area contributed by atoms with Gasteiger partial charge in [-0.15, -0.1) is 0 Å². The Labute approximate surface area is 94.2 Å². The van der Waals surface area contributed by atoms with Crippen LogP contribution < -0.4 is 0 Å². The maximum atomic E-state index is 5.86. The lowest BCUT2D eigenvalue weighted by molar-refractivity contribution is 1.40. The summed E-state index contributed by atoms with van der Waals surface area (Å²) in [5.74, 6) is 0. The van der Waals surface area contributed by atoms with Gasteiger partial charge in [0.2, 0.25) is 0 Å². The fourth-order valence-electron chi connectivity index (χ4n) is 0.750. The first kappa shape index (κ1) is 10.7. The Morgan fingerprint density at radius 2 is 1.58 bits per heavy atom. The van der Waals surface area contributed by atoms with E-state index in [9.17, 15) is 0 Å². The molecular formula is C7H3Cl4Si. The van der Waals surface area contributed by atoms with Crippen LogP contribution in [-0.2, 0) is 6.04 Å². The molecule has 0 aromatic heterocycles. The molecule has 0 aliphatic rings. The highest BCUT2D eigenvalue weighted by Crippen LogP contribution is 2.37. The van der Waals surface area contributed by atoms with Crippen LogP contribution in [0.2, 0.25) is 20.1 Å². The SMILES string of the molecule is [Si]Cc1cc(Cl)c(Cl)c(Cl)c1Cl. The van der Waals surface area contributed by atoms with Crippen LogP contribution in [0, 0.1) is 0 Å². The minimum atomic E-state index is 0.298. The molecule has 0 atom stereocenters. The van der Waals surface area contributed by atoms with Gasteiger partial charge in [-0.25, -0.2) is 0 Å². The van der Waals surface area contributed by atoms with E-state index in [1.807, 2.05) is 0 Å². The molecule has 0 aliphatic heterocycles. The summed E-state index contributed by atoms with van der Waals surface area (Å²) in [6.45, 7) is 0. The van der Waals surface area contributed by atoms with Crippen molar-refractivity contribution in [2.45, 2.75) is 6.04 Å². The molecule has 0 bridgehead atoms. The van der Waals surface area contributed by atoms with Gasteiger partial charge in [0.05, 0.1) is 20.1 Å². The standard InChI is InChI=1S/C7H3Cl4Si/c8-4-1-3(2-12)5(9)7(11)6(4)10/h1H,2H2. The minimum Gasteiger partial charge on any atom is -0.0826 e. The van der Waals surface area contributed by atoms with Crippen LogP contribution in [0.3, 0.4) is 0 Å². The monoisotopic (exact) mass is 255 g/mol. The van der Waals surface area contributed by atoms with Crippen LogP contribution >= 0.6 is 46.4 Å². The molecule has 12 heavy (non-hydrogen) atoms. The van der Waals surface area contributed by atoms with E-state index in [1.54, 1.807) is 6.07 Å². The zero-order chi connectivity index (χ0) is 9.30. The van der Waals surface area contributed by atoms with Gasteiger partial charge in [-0.2, -0.15) is 0 Å². The molecule has 0 N–H and O–H groups in total. The predicted octanol–water partition coefficient (Wildman–Crippen LogP) is 3.97. The van der Waals surface area contributed by atoms with Crippen LogP contribution in [0.15, 0.2) is 6.07 Å². The Morgan fingerprint density at radius 3 is 2.08 bits per heavy atom. The lowest BCUT2D eigenvalue weighted by Gasteiger charge is -2.06. The summed E-state index contributed by atoms with van der Waals surface area (Å²) in [6.07, 6.45) is 0. The smallest absolute Gasteiger partial charge is 0.0796 e. The van der Waals surface area contributed by atoms with Crippen LogP contribution in [-0.4, -0.2) is 10.2 Å². The van der Waals surface area contributed by atoms with E-state index in [4.69, 9.17) is 46.4 Å². The van der Waals surface area contributed by atoms with Crippen molar-refractivity contribution in [3.05, 3.63) is 31.7 Å². The highest BCUT2D eigenvalue weighted by molar-refractivity contribution is 6.52. The Balaban J connectivity index is 3.39. The van der Waals surface area contributed by atoms with Crippen molar-refractivity contribution in [2.24, 2.45) is 0 Å². The fourth-order valence-corrected chi connectivity index (χ4v) is 2.05. The first-order chi connectivity index (χ1) is 5.57. The third-order valence-electron chi connectivity index (χ3n) is 1.37. The second kappa shape index (κ2) is 4.21. The molecule has 0 saturated carbocycles. The first-order valence-corrected chi connectivity index (χ1v) is 5.26. The van der Waals surface area contributed by atoms with E-state index < -0.39 is 0 Å². The van der Waals surface area contributed by atoms with E-state index in [2.05, 4.69) is 10.2 Å². The summed E-state index contributed by atoms with van der Waals surface area (Å²) in [6, 6.07) is 2.28. The quantitative estimate of drug-likeness (QED) is 0.405. The number of benzene rings is 1. The van der Waals surface area contributed by atoms with Crippen LogP contribution in [0.1, 0.15) is 5.56 Å². The lowest BCUT2D eigenvalue weighted by atomic mass is 10.2. The molecule has 0 amide bonds. The number of halogens is 4. The van der Waals surface area contributed by atoms with Crippen LogP contribution in [0.5, 0.6) is 0 Å². The van der Waals surface area contributed by atoms with Crippen molar-refractivity contribution >= 4 is 56.6 Å². The van der Waals surface area contributed by atoms with Crippen molar-refractivity contribution in [1.82, 2.24) is 0 Å². The third kappa shape index (κ3) is 1.91. The molecule has 1 rings (SSSR count). The molecular weight excluding hydrogens is 254 g/mol. The molecule has 1 aromatic rings. The summed E-state index contributed by atoms with van der Waals surface area (Å²) in [5.41, 5.74) is 0.827. The summed E-state index contributed by atoms with van der Waals surface area (Å²) in [7, 11) is 3.30. The Bertz CT molecular complexity index is 311. The molecule has 1 aromatic carbocycles. The molecule has 0 spiro atoms. The Kier molecular flexibility index (Phi) is 3.74. The molecule has 0 saturated heterocycles. The molecule has 0 fully saturated rings. The van der Waals surface area contributed by atoms with E-state index in [-0.39, 0.29) is 0 Å². The van der Waals surface area contributed by atoms with Gasteiger partial charge in [-0.1, -0.05) is 46.4 Å². The van der Waals surface area contributed by atoms with Gasteiger partial charge in [-0.05, 0) is 17.7 Å². The van der Waals surface area contributed by atoms with Crippen LogP contribution in [0.25, 0.3) is 0 Å². The molecule has 0 nitrogen and oxygen atoms in total. The maximum absolute atomic E-state index is 5.86. The number of rotatable bonds is 1. The Hall–Kier alpha value is 0.597. The molecule has 0 heterocycles. The summed E-state index contributed by atoms with van der Waals surface area (Å²) in [4.78, 5) is 0. The van der Waals surface area contributed by atoms with Gasteiger partial charge in [0.1, 0.15) is 0 Å². The number of hydrogen-bond acceptors (Lipinski definition) is 0. The molecule has 5 heteroatoms. The van der Waals surface area contributed by atoms with E-state index >= 15 is 0 Å². The minimum absolute atomic E-state index is 0.298. The van der Waals surface area contributed by atoms with E-state index in [1.165, 1.54) is 0 Å². The largest absolute Gasteiger partial charge is 0.0826 e. The van der Waals surface area contributed by atoms with Gasteiger partial charge in [0, 0.05) is 10.2 Å². The highest BCUT2D eigenvalue weighted by Gasteiger charge is 2.11. The third-order valence-corrected chi connectivity index (χ3v) is 3.54. The van der Waals surface area contributed by atoms with Crippen molar-refractivity contribution in [3.63, 3.8) is 0 Å². The number of hydrogen-bond donors (Lipinski definition) is 0. The van der Waals surface area contributed by atoms with Crippen molar-refractivity contribution in [2.75, 3.05) is 0 Å². The van der Waals surface area contributed by atoms with E-state index in [0.717, 1.165) is 5.56 Å². The first-order valence-electron chi connectivity index (χ1n) is 3.04. The van der Waals surface area contributed by atoms with Gasteiger partial charge in [0.25, 0.3) is 0 Å².